The van der Waals surface area contributed by atoms with Crippen molar-refractivity contribution in [1.82, 2.24) is 0 Å². The molecular formula is C13H13Br2NS. The monoisotopic (exact) mass is 373 g/mol. The molecule has 2 N–H and O–H groups in total. The van der Waals surface area contributed by atoms with Gasteiger partial charge in [0.15, 0.2) is 0 Å². The van der Waals surface area contributed by atoms with Gasteiger partial charge in [-0.1, -0.05) is 30.3 Å². The van der Waals surface area contributed by atoms with Crippen LogP contribution in [0.4, 0.5) is 0 Å². The fourth-order valence-corrected chi connectivity index (χ4v) is 4.01. The molecule has 0 aliphatic rings. The van der Waals surface area contributed by atoms with E-state index >= 15 is 0 Å². The molecule has 0 saturated heterocycles. The molecule has 2 aromatic rings. The minimum Gasteiger partial charge on any atom is -0.327 e. The molecule has 2 rings (SSSR count). The van der Waals surface area contributed by atoms with Crippen molar-refractivity contribution >= 4 is 43.2 Å². The molecule has 0 bridgehead atoms. The molecule has 0 aliphatic carbocycles. The average Bonchev–Trinajstić information content (AvgIpc) is 2.59. The van der Waals surface area contributed by atoms with E-state index in [2.05, 4.69) is 62.2 Å². The van der Waals surface area contributed by atoms with Gasteiger partial charge in [0.2, 0.25) is 0 Å². The lowest BCUT2D eigenvalue weighted by Crippen LogP contribution is -2.25. The number of hydrogen-bond acceptors (Lipinski definition) is 2. The third kappa shape index (κ3) is 3.91. The Labute approximate surface area is 122 Å². The lowest BCUT2D eigenvalue weighted by molar-refractivity contribution is 0.671. The summed E-state index contributed by atoms with van der Waals surface area (Å²) in [5, 5.41) is 0. The Morgan fingerprint density at radius 3 is 2.41 bits per heavy atom. The summed E-state index contributed by atoms with van der Waals surface area (Å²) in [6, 6.07) is 12.7. The molecule has 17 heavy (non-hydrogen) atoms. The van der Waals surface area contributed by atoms with Crippen LogP contribution in [0, 0.1) is 0 Å². The standard InChI is InChI=1S/C13H13Br2NS/c14-12-8-11(17-13(12)15)7-10(16)6-9-4-2-1-3-5-9/h1-5,8,10H,6-7,16H2. The zero-order chi connectivity index (χ0) is 12.3. The van der Waals surface area contributed by atoms with Crippen molar-refractivity contribution in [3.05, 3.63) is 55.1 Å². The van der Waals surface area contributed by atoms with E-state index in [-0.39, 0.29) is 6.04 Å². The maximum atomic E-state index is 6.17. The van der Waals surface area contributed by atoms with Gasteiger partial charge in [0.05, 0.1) is 3.79 Å². The average molecular weight is 375 g/mol. The second kappa shape index (κ2) is 6.14. The Morgan fingerprint density at radius 1 is 1.12 bits per heavy atom. The van der Waals surface area contributed by atoms with Gasteiger partial charge < -0.3 is 5.73 Å². The van der Waals surface area contributed by atoms with Gasteiger partial charge in [0.1, 0.15) is 0 Å². The van der Waals surface area contributed by atoms with Crippen LogP contribution in [0.1, 0.15) is 10.4 Å². The second-order valence-corrected chi connectivity index (χ2v) is 7.30. The Morgan fingerprint density at radius 2 is 1.82 bits per heavy atom. The van der Waals surface area contributed by atoms with E-state index in [1.165, 1.54) is 10.4 Å². The number of thiophene rings is 1. The maximum absolute atomic E-state index is 6.17. The zero-order valence-corrected chi connectivity index (χ0v) is 13.2. The van der Waals surface area contributed by atoms with E-state index in [1.54, 1.807) is 11.3 Å². The van der Waals surface area contributed by atoms with Crippen LogP contribution < -0.4 is 5.73 Å². The Kier molecular flexibility index (Phi) is 4.79. The molecule has 0 aliphatic heterocycles. The molecule has 1 heterocycles. The molecule has 1 nitrogen and oxygen atoms in total. The van der Waals surface area contributed by atoms with Gasteiger partial charge in [-0.3, -0.25) is 0 Å². The first kappa shape index (κ1) is 13.3. The third-order valence-corrected chi connectivity index (χ3v) is 5.78. The minimum absolute atomic E-state index is 0.176. The van der Waals surface area contributed by atoms with Crippen LogP contribution in [0.2, 0.25) is 0 Å². The number of halogens is 2. The number of rotatable bonds is 4. The second-order valence-electron chi connectivity index (χ2n) is 3.99. The summed E-state index contributed by atoms with van der Waals surface area (Å²) in [5.74, 6) is 0. The fraction of sp³-hybridized carbons (Fsp3) is 0.231. The predicted octanol–water partition coefficient (Wildman–Crippen LogP) is 4.39. The van der Waals surface area contributed by atoms with Gasteiger partial charge in [-0.15, -0.1) is 11.3 Å². The quantitative estimate of drug-likeness (QED) is 0.843. The highest BCUT2D eigenvalue weighted by Gasteiger charge is 2.09. The molecule has 4 heteroatoms. The van der Waals surface area contributed by atoms with Crippen molar-refractivity contribution in [2.45, 2.75) is 18.9 Å². The summed E-state index contributed by atoms with van der Waals surface area (Å²) in [5.41, 5.74) is 7.47. The molecule has 0 fully saturated rings. The van der Waals surface area contributed by atoms with Gasteiger partial charge >= 0.3 is 0 Å². The molecule has 0 saturated carbocycles. The predicted molar refractivity (Wildman–Crippen MR) is 81.5 cm³/mol. The number of benzene rings is 1. The van der Waals surface area contributed by atoms with Crippen LogP contribution in [0.25, 0.3) is 0 Å². The first-order valence-corrected chi connectivity index (χ1v) is 7.78. The number of nitrogens with two attached hydrogens (primary N) is 1. The van der Waals surface area contributed by atoms with Crippen LogP contribution in [0.15, 0.2) is 44.7 Å². The summed E-state index contributed by atoms with van der Waals surface area (Å²) in [4.78, 5) is 1.31. The molecule has 1 unspecified atom stereocenters. The molecule has 1 atom stereocenters. The highest BCUT2D eigenvalue weighted by Crippen LogP contribution is 2.32. The summed E-state index contributed by atoms with van der Waals surface area (Å²) in [6.07, 6.45) is 1.84. The van der Waals surface area contributed by atoms with Gasteiger partial charge in [0, 0.05) is 15.4 Å². The van der Waals surface area contributed by atoms with Crippen molar-refractivity contribution in [2.75, 3.05) is 0 Å². The molecule has 1 aromatic heterocycles. The van der Waals surface area contributed by atoms with E-state index in [9.17, 15) is 0 Å². The highest BCUT2D eigenvalue weighted by atomic mass is 79.9. The van der Waals surface area contributed by atoms with Crippen LogP contribution in [-0.4, -0.2) is 6.04 Å². The molecular weight excluding hydrogens is 362 g/mol. The van der Waals surface area contributed by atoms with Crippen LogP contribution in [0.3, 0.4) is 0 Å². The summed E-state index contributed by atoms with van der Waals surface area (Å²) in [7, 11) is 0. The van der Waals surface area contributed by atoms with E-state index in [0.29, 0.717) is 0 Å². The molecule has 0 radical (unpaired) electrons. The van der Waals surface area contributed by atoms with Gasteiger partial charge in [-0.05, 0) is 56.3 Å². The molecule has 90 valence electrons. The van der Waals surface area contributed by atoms with Gasteiger partial charge in [0.25, 0.3) is 0 Å². The van der Waals surface area contributed by atoms with Crippen molar-refractivity contribution in [2.24, 2.45) is 5.73 Å². The normalized spacial score (nSPS) is 12.6. The van der Waals surface area contributed by atoms with E-state index < -0.39 is 0 Å². The molecule has 0 amide bonds. The van der Waals surface area contributed by atoms with Crippen molar-refractivity contribution in [3.8, 4) is 0 Å². The maximum Gasteiger partial charge on any atom is 0.0843 e. The van der Waals surface area contributed by atoms with E-state index in [0.717, 1.165) is 21.1 Å². The van der Waals surface area contributed by atoms with Crippen LogP contribution in [-0.2, 0) is 12.8 Å². The summed E-state index contributed by atoms with van der Waals surface area (Å²) in [6.45, 7) is 0. The lowest BCUT2D eigenvalue weighted by atomic mass is 10.0. The van der Waals surface area contributed by atoms with E-state index in [1.807, 2.05) is 6.07 Å². The van der Waals surface area contributed by atoms with Gasteiger partial charge in [-0.2, -0.15) is 0 Å². The van der Waals surface area contributed by atoms with Crippen molar-refractivity contribution in [3.63, 3.8) is 0 Å². The van der Waals surface area contributed by atoms with Crippen LogP contribution in [0.5, 0.6) is 0 Å². The Bertz CT molecular complexity index is 462. The largest absolute Gasteiger partial charge is 0.327 e. The third-order valence-electron chi connectivity index (χ3n) is 2.50. The van der Waals surface area contributed by atoms with Crippen LogP contribution >= 0.6 is 43.2 Å². The first-order chi connectivity index (χ1) is 8.15. The van der Waals surface area contributed by atoms with E-state index in [4.69, 9.17) is 5.73 Å². The van der Waals surface area contributed by atoms with Gasteiger partial charge in [-0.25, -0.2) is 0 Å². The number of hydrogen-bond donors (Lipinski definition) is 1. The molecule has 0 spiro atoms. The highest BCUT2D eigenvalue weighted by molar-refractivity contribution is 9.13. The zero-order valence-electron chi connectivity index (χ0n) is 9.20. The van der Waals surface area contributed by atoms with Crippen molar-refractivity contribution < 1.29 is 0 Å². The first-order valence-electron chi connectivity index (χ1n) is 5.38. The Balaban J connectivity index is 1.95. The minimum atomic E-state index is 0.176. The molecule has 1 aromatic carbocycles. The topological polar surface area (TPSA) is 26.0 Å². The Hall–Kier alpha value is -0.160. The van der Waals surface area contributed by atoms with Crippen molar-refractivity contribution in [1.29, 1.82) is 0 Å². The summed E-state index contributed by atoms with van der Waals surface area (Å²) < 4.78 is 2.25. The SMILES string of the molecule is NC(Cc1ccccc1)Cc1cc(Br)c(Br)s1. The fourth-order valence-electron chi connectivity index (χ4n) is 1.74. The smallest absolute Gasteiger partial charge is 0.0843 e. The summed E-state index contributed by atoms with van der Waals surface area (Å²) >= 11 is 8.74. The lowest BCUT2D eigenvalue weighted by Gasteiger charge is -2.10.